The molecule has 0 saturated carbocycles. The summed E-state index contributed by atoms with van der Waals surface area (Å²) >= 11 is 6.18. The molecule has 1 heterocycles. The van der Waals surface area contributed by atoms with Crippen molar-refractivity contribution in [3.8, 4) is 0 Å². The Morgan fingerprint density at radius 1 is 1.09 bits per heavy atom. The van der Waals surface area contributed by atoms with Crippen LogP contribution in [-0.4, -0.2) is 44.6 Å². The van der Waals surface area contributed by atoms with Crippen molar-refractivity contribution in [1.29, 1.82) is 0 Å². The number of piperidine rings is 1. The van der Waals surface area contributed by atoms with Crippen molar-refractivity contribution >= 4 is 33.2 Å². The first kappa shape index (κ1) is 24.6. The molecule has 174 valence electrons. The van der Waals surface area contributed by atoms with Gasteiger partial charge in [-0.15, -0.1) is 0 Å². The van der Waals surface area contributed by atoms with Crippen molar-refractivity contribution in [2.45, 2.75) is 52.2 Å². The minimum absolute atomic E-state index is 0.333. The molecular formula is C24H32ClN3O3S. The lowest BCUT2D eigenvalue weighted by atomic mass is 10.1. The molecule has 0 bridgehead atoms. The zero-order valence-corrected chi connectivity index (χ0v) is 20.5. The van der Waals surface area contributed by atoms with Gasteiger partial charge in [0.25, 0.3) is 0 Å². The van der Waals surface area contributed by atoms with Crippen molar-refractivity contribution in [2.24, 2.45) is 0 Å². The molecule has 1 aliphatic rings. The molecule has 6 nitrogen and oxygen atoms in total. The predicted octanol–water partition coefficient (Wildman–Crippen LogP) is 4.11. The molecule has 0 aliphatic carbocycles. The van der Waals surface area contributed by atoms with Crippen molar-refractivity contribution < 1.29 is 13.2 Å². The fraction of sp³-hybridized carbons (Fsp3) is 0.458. The number of carbonyl (C=O) groups is 1. The number of aryl methyl sites for hydroxylation is 1. The fourth-order valence-corrected chi connectivity index (χ4v) is 5.34. The molecular weight excluding hydrogens is 446 g/mol. The van der Waals surface area contributed by atoms with Gasteiger partial charge in [-0.2, -0.15) is 0 Å². The van der Waals surface area contributed by atoms with Crippen LogP contribution in [0.4, 0.5) is 5.69 Å². The number of nitrogens with zero attached hydrogens (tertiary/aromatic N) is 2. The molecule has 0 radical (unpaired) electrons. The molecule has 1 saturated heterocycles. The summed E-state index contributed by atoms with van der Waals surface area (Å²) in [6.45, 7) is 7.00. The maximum atomic E-state index is 12.8. The van der Waals surface area contributed by atoms with E-state index in [0.29, 0.717) is 17.3 Å². The van der Waals surface area contributed by atoms with Crippen LogP contribution in [0, 0.1) is 6.92 Å². The van der Waals surface area contributed by atoms with E-state index >= 15 is 0 Å². The number of carbonyl (C=O) groups excluding carboxylic acids is 1. The Kier molecular flexibility index (Phi) is 8.20. The van der Waals surface area contributed by atoms with Gasteiger partial charge in [-0.1, -0.05) is 48.4 Å². The summed E-state index contributed by atoms with van der Waals surface area (Å²) in [6.07, 6.45) is 4.94. The number of hydrogen-bond acceptors (Lipinski definition) is 4. The lowest BCUT2D eigenvalue weighted by Crippen LogP contribution is -2.47. The number of amides is 1. The van der Waals surface area contributed by atoms with Crippen LogP contribution < -0.4 is 9.62 Å². The molecule has 1 amide bonds. The third-order valence-electron chi connectivity index (χ3n) is 5.84. The Labute approximate surface area is 196 Å². The summed E-state index contributed by atoms with van der Waals surface area (Å²) in [5, 5.41) is 3.31. The molecule has 8 heteroatoms. The Hall–Kier alpha value is -2.09. The molecule has 0 aromatic heterocycles. The van der Waals surface area contributed by atoms with Gasteiger partial charge >= 0.3 is 0 Å². The van der Waals surface area contributed by atoms with Crippen molar-refractivity contribution in [3.63, 3.8) is 0 Å². The van der Waals surface area contributed by atoms with Gasteiger partial charge in [-0.25, -0.2) is 8.42 Å². The zero-order valence-electron chi connectivity index (χ0n) is 19.0. The Balaban J connectivity index is 1.62. The van der Waals surface area contributed by atoms with Crippen LogP contribution in [0.15, 0.2) is 42.5 Å². The second-order valence-electron chi connectivity index (χ2n) is 8.54. The first-order chi connectivity index (χ1) is 15.1. The Bertz CT molecular complexity index is 1030. The Morgan fingerprint density at radius 3 is 2.31 bits per heavy atom. The van der Waals surface area contributed by atoms with E-state index < -0.39 is 16.1 Å². The number of nitrogens with one attached hydrogen (secondary N) is 1. The minimum Gasteiger partial charge on any atom is -0.350 e. The highest BCUT2D eigenvalue weighted by Crippen LogP contribution is 2.26. The summed E-state index contributed by atoms with van der Waals surface area (Å²) in [5.41, 5.74) is 3.43. The van der Waals surface area contributed by atoms with Gasteiger partial charge in [0.15, 0.2) is 0 Å². The van der Waals surface area contributed by atoms with E-state index in [2.05, 4.69) is 22.3 Å². The lowest BCUT2D eigenvalue weighted by molar-refractivity contribution is -0.122. The highest BCUT2D eigenvalue weighted by atomic mass is 35.5. The molecule has 0 unspecified atom stereocenters. The van der Waals surface area contributed by atoms with Crippen LogP contribution in [0.1, 0.15) is 42.9 Å². The first-order valence-electron chi connectivity index (χ1n) is 11.0. The van der Waals surface area contributed by atoms with Gasteiger partial charge < -0.3 is 5.32 Å². The normalized spacial score (nSPS) is 15.9. The third-order valence-corrected chi connectivity index (χ3v) is 7.49. The summed E-state index contributed by atoms with van der Waals surface area (Å²) in [4.78, 5) is 15.3. The van der Waals surface area contributed by atoms with Gasteiger partial charge in [-0.05, 0) is 68.6 Å². The largest absolute Gasteiger partial charge is 0.350 e. The van der Waals surface area contributed by atoms with Gasteiger partial charge in [0.1, 0.15) is 6.04 Å². The van der Waals surface area contributed by atoms with Crippen LogP contribution in [-0.2, 0) is 27.9 Å². The van der Waals surface area contributed by atoms with E-state index in [0.717, 1.165) is 41.3 Å². The van der Waals surface area contributed by atoms with Crippen LogP contribution >= 0.6 is 11.6 Å². The van der Waals surface area contributed by atoms with Gasteiger partial charge in [-0.3, -0.25) is 14.0 Å². The number of halogens is 1. The monoisotopic (exact) mass is 477 g/mol. The average molecular weight is 478 g/mol. The smallest absolute Gasteiger partial charge is 0.243 e. The summed E-state index contributed by atoms with van der Waals surface area (Å²) in [7, 11) is -3.69. The van der Waals surface area contributed by atoms with E-state index in [4.69, 9.17) is 11.6 Å². The zero-order chi connectivity index (χ0) is 23.3. The van der Waals surface area contributed by atoms with E-state index in [-0.39, 0.29) is 5.91 Å². The number of sulfonamides is 1. The predicted molar refractivity (Wildman–Crippen MR) is 130 cm³/mol. The molecule has 1 fully saturated rings. The van der Waals surface area contributed by atoms with Crippen molar-refractivity contribution in [1.82, 2.24) is 10.2 Å². The lowest BCUT2D eigenvalue weighted by Gasteiger charge is -2.28. The molecule has 3 rings (SSSR count). The van der Waals surface area contributed by atoms with Crippen LogP contribution in [0.25, 0.3) is 0 Å². The average Bonchev–Trinajstić information content (AvgIpc) is 2.75. The molecule has 0 spiro atoms. The second-order valence-corrected chi connectivity index (χ2v) is 10.8. The molecule has 2 aromatic rings. The Morgan fingerprint density at radius 2 is 1.72 bits per heavy atom. The number of benzene rings is 2. The molecule has 1 N–H and O–H groups in total. The second kappa shape index (κ2) is 10.7. The van der Waals surface area contributed by atoms with Crippen LogP contribution in [0.2, 0.25) is 5.02 Å². The number of rotatable bonds is 8. The molecule has 1 atom stereocenters. The highest BCUT2D eigenvalue weighted by Gasteiger charge is 2.29. The summed E-state index contributed by atoms with van der Waals surface area (Å²) in [6, 6.07) is 12.3. The number of hydrogen-bond donors (Lipinski definition) is 1. The third kappa shape index (κ3) is 6.47. The van der Waals surface area contributed by atoms with Gasteiger partial charge in [0, 0.05) is 18.1 Å². The topological polar surface area (TPSA) is 69.7 Å². The van der Waals surface area contributed by atoms with Gasteiger partial charge in [0.2, 0.25) is 15.9 Å². The summed E-state index contributed by atoms with van der Waals surface area (Å²) in [5.74, 6) is -0.371. The summed E-state index contributed by atoms with van der Waals surface area (Å²) < 4.78 is 26.0. The van der Waals surface area contributed by atoms with Crippen molar-refractivity contribution in [3.05, 3.63) is 64.2 Å². The van der Waals surface area contributed by atoms with E-state index in [1.807, 2.05) is 19.1 Å². The SMILES string of the molecule is Cc1ccc(N([C@@H](C)C(=O)NCc2ccc(CN3CCCCC3)cc2)S(C)(=O)=O)cc1Cl. The number of likely N-dealkylation sites (tertiary alicyclic amines) is 1. The fourth-order valence-electron chi connectivity index (χ4n) is 4.00. The highest BCUT2D eigenvalue weighted by molar-refractivity contribution is 7.92. The van der Waals surface area contributed by atoms with Crippen LogP contribution in [0.3, 0.4) is 0 Å². The van der Waals surface area contributed by atoms with E-state index in [1.54, 1.807) is 25.1 Å². The molecule has 1 aliphatic heterocycles. The van der Waals surface area contributed by atoms with E-state index in [9.17, 15) is 13.2 Å². The van der Waals surface area contributed by atoms with Gasteiger partial charge in [0.05, 0.1) is 11.9 Å². The molecule has 32 heavy (non-hydrogen) atoms. The standard InChI is InChI=1S/C24H32ClN3O3S/c1-18-7-12-22(15-23(18)25)28(32(3,30)31)19(2)24(29)26-16-20-8-10-21(11-9-20)17-27-13-5-4-6-14-27/h7-12,15,19H,4-6,13-14,16-17H2,1-3H3,(H,26,29)/t19-/m0/s1. The minimum atomic E-state index is -3.69. The van der Waals surface area contributed by atoms with Crippen molar-refractivity contribution in [2.75, 3.05) is 23.7 Å². The first-order valence-corrected chi connectivity index (χ1v) is 13.2. The maximum Gasteiger partial charge on any atom is 0.243 e. The number of anilines is 1. The van der Waals surface area contributed by atoms with E-state index in [1.165, 1.54) is 24.8 Å². The quantitative estimate of drug-likeness (QED) is 0.621. The van der Waals surface area contributed by atoms with Crippen LogP contribution in [0.5, 0.6) is 0 Å². The molecule has 2 aromatic carbocycles. The maximum absolute atomic E-state index is 12.8.